The summed E-state index contributed by atoms with van der Waals surface area (Å²) in [5.74, 6) is -0.465. The summed E-state index contributed by atoms with van der Waals surface area (Å²) in [6.45, 7) is 1.73. The first-order chi connectivity index (χ1) is 11.0. The molecule has 3 rings (SSSR count). The molecule has 0 radical (unpaired) electrons. The highest BCUT2D eigenvalue weighted by Crippen LogP contribution is 2.42. The third-order valence-electron chi connectivity index (χ3n) is 5.57. The molecule has 1 aromatic carbocycles. The Morgan fingerprint density at radius 3 is 2.46 bits per heavy atom. The molecule has 3 atom stereocenters. The second-order valence-corrected chi connectivity index (χ2v) is 7.09. The molecule has 2 fully saturated rings. The molecule has 0 spiro atoms. The van der Waals surface area contributed by atoms with Crippen LogP contribution in [0, 0.1) is 29.4 Å². The molecular weight excluding hydrogens is 334 g/mol. The van der Waals surface area contributed by atoms with Crippen molar-refractivity contribution < 1.29 is 13.6 Å². The highest BCUT2D eigenvalue weighted by Gasteiger charge is 2.40. The Kier molecular flexibility index (Phi) is 6.21. The van der Waals surface area contributed by atoms with Crippen molar-refractivity contribution in [2.24, 2.45) is 23.5 Å². The zero-order chi connectivity index (χ0) is 16.6. The molecule has 0 aliphatic heterocycles. The SMILES string of the molecule is C[C@@H](NC(=O)C1CC2CCCC(C1)C2N)c1ccc(F)cc1F.Cl. The van der Waals surface area contributed by atoms with E-state index < -0.39 is 17.7 Å². The Bertz CT molecular complexity index is 584. The van der Waals surface area contributed by atoms with Crippen LogP contribution in [0.15, 0.2) is 18.2 Å². The maximum Gasteiger partial charge on any atom is 0.223 e. The van der Waals surface area contributed by atoms with E-state index in [4.69, 9.17) is 5.73 Å². The third kappa shape index (κ3) is 3.89. The van der Waals surface area contributed by atoms with E-state index in [-0.39, 0.29) is 30.3 Å². The molecule has 0 saturated heterocycles. The molecule has 1 aromatic rings. The van der Waals surface area contributed by atoms with Gasteiger partial charge in [0.25, 0.3) is 0 Å². The van der Waals surface area contributed by atoms with Gasteiger partial charge in [-0.1, -0.05) is 12.5 Å². The highest BCUT2D eigenvalue weighted by atomic mass is 35.5. The number of hydrogen-bond acceptors (Lipinski definition) is 2. The molecule has 1 amide bonds. The smallest absolute Gasteiger partial charge is 0.223 e. The van der Waals surface area contributed by atoms with Crippen molar-refractivity contribution in [3.05, 3.63) is 35.4 Å². The van der Waals surface area contributed by atoms with Crippen LogP contribution in [0.3, 0.4) is 0 Å². The van der Waals surface area contributed by atoms with Crippen molar-refractivity contribution in [1.29, 1.82) is 0 Å². The summed E-state index contributed by atoms with van der Waals surface area (Å²) in [5.41, 5.74) is 6.57. The Morgan fingerprint density at radius 2 is 1.88 bits per heavy atom. The Morgan fingerprint density at radius 1 is 1.25 bits per heavy atom. The first kappa shape index (κ1) is 19.1. The fourth-order valence-corrected chi connectivity index (χ4v) is 4.26. The van der Waals surface area contributed by atoms with Crippen LogP contribution in [0.5, 0.6) is 0 Å². The quantitative estimate of drug-likeness (QED) is 0.865. The molecule has 24 heavy (non-hydrogen) atoms. The van der Waals surface area contributed by atoms with Crippen LogP contribution in [0.4, 0.5) is 8.78 Å². The van der Waals surface area contributed by atoms with E-state index in [0.29, 0.717) is 17.4 Å². The average Bonchev–Trinajstić information content (AvgIpc) is 2.46. The number of nitrogens with two attached hydrogens (primary N) is 1. The topological polar surface area (TPSA) is 55.1 Å². The molecule has 0 heterocycles. The minimum absolute atomic E-state index is 0. The van der Waals surface area contributed by atoms with Gasteiger partial charge in [0.1, 0.15) is 11.6 Å². The van der Waals surface area contributed by atoms with Crippen molar-refractivity contribution in [3.63, 3.8) is 0 Å². The number of carbonyl (C=O) groups excluding carboxylic acids is 1. The van der Waals surface area contributed by atoms with E-state index in [9.17, 15) is 13.6 Å². The van der Waals surface area contributed by atoms with E-state index in [1.54, 1.807) is 6.92 Å². The highest BCUT2D eigenvalue weighted by molar-refractivity contribution is 5.85. The van der Waals surface area contributed by atoms with Gasteiger partial charge in [0, 0.05) is 23.6 Å². The zero-order valence-electron chi connectivity index (χ0n) is 13.8. The van der Waals surface area contributed by atoms with Gasteiger partial charge in [-0.2, -0.15) is 0 Å². The van der Waals surface area contributed by atoms with E-state index in [1.807, 2.05) is 0 Å². The molecule has 2 saturated carbocycles. The molecule has 2 aliphatic carbocycles. The normalized spacial score (nSPS) is 30.2. The van der Waals surface area contributed by atoms with Crippen LogP contribution in [0.2, 0.25) is 0 Å². The van der Waals surface area contributed by atoms with Gasteiger partial charge >= 0.3 is 0 Å². The number of benzene rings is 1. The number of rotatable bonds is 3. The Hall–Kier alpha value is -1.20. The molecule has 0 aromatic heterocycles. The molecule has 6 heteroatoms. The number of hydrogen-bond donors (Lipinski definition) is 2. The summed E-state index contributed by atoms with van der Waals surface area (Å²) < 4.78 is 26.8. The van der Waals surface area contributed by atoms with Gasteiger partial charge in [-0.3, -0.25) is 4.79 Å². The standard InChI is InChI=1S/C18H24F2N2O.ClH/c1-10(15-6-5-14(19)9-16(15)20)22-18(23)13-7-11-3-2-4-12(8-13)17(11)21;/h5-6,9-13,17H,2-4,7-8,21H2,1H3,(H,22,23);1H/t10-,11?,12?,13?,17?;/m1./s1. The summed E-state index contributed by atoms with van der Waals surface area (Å²) in [4.78, 5) is 12.5. The van der Waals surface area contributed by atoms with E-state index in [2.05, 4.69) is 5.32 Å². The lowest BCUT2D eigenvalue weighted by Gasteiger charge is -2.43. The van der Waals surface area contributed by atoms with Crippen molar-refractivity contribution in [3.8, 4) is 0 Å². The van der Waals surface area contributed by atoms with Gasteiger partial charge in [-0.25, -0.2) is 8.78 Å². The summed E-state index contributed by atoms with van der Waals surface area (Å²) in [5, 5.41) is 2.89. The predicted octanol–water partition coefficient (Wildman–Crippen LogP) is 3.72. The van der Waals surface area contributed by atoms with Crippen molar-refractivity contribution in [2.75, 3.05) is 0 Å². The monoisotopic (exact) mass is 358 g/mol. The van der Waals surface area contributed by atoms with Gasteiger partial charge in [0.05, 0.1) is 6.04 Å². The van der Waals surface area contributed by atoms with E-state index in [0.717, 1.165) is 31.7 Å². The molecule has 3 N–H and O–H groups in total. The number of carbonyl (C=O) groups is 1. The van der Waals surface area contributed by atoms with Gasteiger partial charge in [0.15, 0.2) is 0 Å². The maximum absolute atomic E-state index is 13.8. The summed E-state index contributed by atoms with van der Waals surface area (Å²) in [7, 11) is 0. The number of amides is 1. The van der Waals surface area contributed by atoms with Crippen molar-refractivity contribution in [2.45, 2.75) is 51.1 Å². The fraction of sp³-hybridized carbons (Fsp3) is 0.611. The van der Waals surface area contributed by atoms with Crippen LogP contribution in [0.1, 0.15) is 50.6 Å². The second-order valence-electron chi connectivity index (χ2n) is 7.09. The maximum atomic E-state index is 13.8. The second kappa shape index (κ2) is 7.79. The molecule has 3 nitrogen and oxygen atoms in total. The third-order valence-corrected chi connectivity index (χ3v) is 5.57. The van der Waals surface area contributed by atoms with Gasteiger partial charge in [-0.15, -0.1) is 12.4 Å². The molecular formula is C18H25ClF2N2O. The van der Waals surface area contributed by atoms with Crippen LogP contribution < -0.4 is 11.1 Å². The van der Waals surface area contributed by atoms with Crippen LogP contribution >= 0.6 is 12.4 Å². The minimum Gasteiger partial charge on any atom is -0.349 e. The number of halogens is 3. The van der Waals surface area contributed by atoms with Gasteiger partial charge in [0.2, 0.25) is 5.91 Å². The molecule has 2 unspecified atom stereocenters. The van der Waals surface area contributed by atoms with E-state index in [1.165, 1.54) is 18.6 Å². The van der Waals surface area contributed by atoms with Gasteiger partial charge in [-0.05, 0) is 50.5 Å². The van der Waals surface area contributed by atoms with Crippen molar-refractivity contribution >= 4 is 18.3 Å². The Labute approximate surface area is 147 Å². The molecule has 2 aliphatic rings. The summed E-state index contributed by atoms with van der Waals surface area (Å²) >= 11 is 0. The summed E-state index contributed by atoms with van der Waals surface area (Å²) in [6, 6.07) is 3.20. The lowest BCUT2D eigenvalue weighted by molar-refractivity contribution is -0.128. The number of nitrogens with one attached hydrogen (secondary N) is 1. The first-order valence-corrected chi connectivity index (χ1v) is 8.46. The van der Waals surface area contributed by atoms with Crippen LogP contribution in [0.25, 0.3) is 0 Å². The fourth-order valence-electron chi connectivity index (χ4n) is 4.26. The average molecular weight is 359 g/mol. The lowest BCUT2D eigenvalue weighted by atomic mass is 9.65. The van der Waals surface area contributed by atoms with Crippen LogP contribution in [-0.2, 0) is 4.79 Å². The number of fused-ring (bicyclic) bond motifs is 2. The van der Waals surface area contributed by atoms with Gasteiger partial charge < -0.3 is 11.1 Å². The van der Waals surface area contributed by atoms with Crippen molar-refractivity contribution in [1.82, 2.24) is 5.32 Å². The molecule has 134 valence electrons. The summed E-state index contributed by atoms with van der Waals surface area (Å²) in [6.07, 6.45) is 5.05. The van der Waals surface area contributed by atoms with E-state index >= 15 is 0 Å². The van der Waals surface area contributed by atoms with Crippen LogP contribution in [-0.4, -0.2) is 11.9 Å². The zero-order valence-corrected chi connectivity index (χ0v) is 14.6. The lowest BCUT2D eigenvalue weighted by Crippen LogP contribution is -2.49. The molecule has 2 bridgehead atoms. The minimum atomic E-state index is -0.625. The largest absolute Gasteiger partial charge is 0.349 e. The Balaban J connectivity index is 0.00000208. The predicted molar refractivity (Wildman–Crippen MR) is 91.7 cm³/mol. The first-order valence-electron chi connectivity index (χ1n) is 8.46.